The van der Waals surface area contributed by atoms with E-state index >= 15 is 0 Å². The molecule has 2 radical (unpaired) electrons. The molecular weight excluding hydrogens is 318 g/mol. The fourth-order valence-corrected chi connectivity index (χ4v) is 2.46. The SMILES string of the molecule is Cc1c(Cc2[nH]c(C(=O)O)c(C)c2C)[nH]c(C(=O)O)c1C.[Na].[Na]. The zero-order valence-electron chi connectivity index (χ0n) is 14.4. The summed E-state index contributed by atoms with van der Waals surface area (Å²) < 4.78 is 0. The van der Waals surface area contributed by atoms with Gasteiger partial charge in [0.1, 0.15) is 11.4 Å². The Morgan fingerprint density at radius 1 is 0.739 bits per heavy atom. The van der Waals surface area contributed by atoms with E-state index in [1.807, 2.05) is 13.8 Å². The number of aromatic amines is 2. The maximum Gasteiger partial charge on any atom is 0.352 e. The van der Waals surface area contributed by atoms with Crippen LogP contribution in [-0.2, 0) is 6.42 Å². The molecule has 6 nitrogen and oxygen atoms in total. The fraction of sp³-hybridized carbons (Fsp3) is 0.333. The van der Waals surface area contributed by atoms with Crippen LogP contribution in [0.4, 0.5) is 0 Å². The molecule has 2 heterocycles. The number of carboxylic acid groups (broad SMARTS) is 2. The van der Waals surface area contributed by atoms with E-state index in [2.05, 4.69) is 9.97 Å². The standard InChI is InChI=1S/C15H18N2O4.2Na/c1-6-8(3)12(14(18)19)16-10(6)5-11-7(2)9(4)13(17-11)15(20)21;;/h16-17H,5H2,1-4H3,(H,18,19)(H,20,21);;. The molecule has 4 N–H and O–H groups in total. The van der Waals surface area contributed by atoms with Gasteiger partial charge >= 0.3 is 11.9 Å². The maximum atomic E-state index is 11.1. The number of nitrogens with one attached hydrogen (secondary N) is 2. The number of aromatic nitrogens is 2. The molecule has 8 heteroatoms. The van der Waals surface area contributed by atoms with E-state index in [0.29, 0.717) is 17.5 Å². The van der Waals surface area contributed by atoms with Crippen LogP contribution in [0.1, 0.15) is 54.6 Å². The summed E-state index contributed by atoms with van der Waals surface area (Å²) in [5, 5.41) is 18.3. The van der Waals surface area contributed by atoms with Gasteiger partial charge in [0.25, 0.3) is 0 Å². The van der Waals surface area contributed by atoms with Gasteiger partial charge in [-0.1, -0.05) is 0 Å². The van der Waals surface area contributed by atoms with Crippen molar-refractivity contribution < 1.29 is 19.8 Å². The topological polar surface area (TPSA) is 106 Å². The zero-order valence-corrected chi connectivity index (χ0v) is 18.4. The van der Waals surface area contributed by atoms with Gasteiger partial charge in [0.05, 0.1) is 0 Å². The third-order valence-corrected chi connectivity index (χ3v) is 4.11. The number of hydrogen-bond acceptors (Lipinski definition) is 2. The predicted molar refractivity (Wildman–Crippen MR) is 88.8 cm³/mol. The number of carbonyl (C=O) groups is 2. The van der Waals surface area contributed by atoms with E-state index in [1.54, 1.807) is 13.8 Å². The summed E-state index contributed by atoms with van der Waals surface area (Å²) in [6, 6.07) is 0. The number of H-pyrrole nitrogens is 2. The largest absolute Gasteiger partial charge is 0.477 e. The first-order valence-corrected chi connectivity index (χ1v) is 6.56. The van der Waals surface area contributed by atoms with Crippen LogP contribution in [0.15, 0.2) is 0 Å². The van der Waals surface area contributed by atoms with E-state index in [4.69, 9.17) is 10.2 Å². The van der Waals surface area contributed by atoms with Gasteiger partial charge in [-0.3, -0.25) is 0 Å². The summed E-state index contributed by atoms with van der Waals surface area (Å²) in [6.45, 7) is 7.23. The second kappa shape index (κ2) is 8.55. The normalized spacial score (nSPS) is 9.91. The zero-order chi connectivity index (χ0) is 15.9. The third-order valence-electron chi connectivity index (χ3n) is 4.11. The molecule has 0 saturated carbocycles. The Labute approximate surface area is 178 Å². The average molecular weight is 336 g/mol. The second-order valence-corrected chi connectivity index (χ2v) is 5.24. The summed E-state index contributed by atoms with van der Waals surface area (Å²) >= 11 is 0. The molecule has 0 unspecified atom stereocenters. The van der Waals surface area contributed by atoms with Gasteiger partial charge in [-0.15, -0.1) is 0 Å². The minimum atomic E-state index is -0.993. The molecule has 0 aliphatic heterocycles. The molecule has 114 valence electrons. The average Bonchev–Trinajstić information content (AvgIpc) is 2.84. The monoisotopic (exact) mass is 336 g/mol. The van der Waals surface area contributed by atoms with Crippen LogP contribution >= 0.6 is 0 Å². The molecule has 0 amide bonds. The van der Waals surface area contributed by atoms with Crippen LogP contribution in [-0.4, -0.2) is 91.2 Å². The molecule has 0 aliphatic rings. The minimum absolute atomic E-state index is 0. The van der Waals surface area contributed by atoms with Gasteiger partial charge < -0.3 is 20.2 Å². The number of rotatable bonds is 4. The van der Waals surface area contributed by atoms with Gasteiger partial charge in [-0.25, -0.2) is 9.59 Å². The Hall–Kier alpha value is -0.500. The van der Waals surface area contributed by atoms with Crippen LogP contribution in [0.2, 0.25) is 0 Å². The van der Waals surface area contributed by atoms with Crippen molar-refractivity contribution >= 4 is 71.1 Å². The summed E-state index contributed by atoms with van der Waals surface area (Å²) in [7, 11) is 0. The predicted octanol–water partition coefficient (Wildman–Crippen LogP) is 1.80. The Bertz CT molecular complexity index is 685. The molecule has 0 saturated heterocycles. The maximum absolute atomic E-state index is 11.1. The molecule has 2 rings (SSSR count). The molecule has 0 atom stereocenters. The van der Waals surface area contributed by atoms with Gasteiger partial charge in [0.15, 0.2) is 0 Å². The summed E-state index contributed by atoms with van der Waals surface area (Å²) in [5.74, 6) is -1.99. The Morgan fingerprint density at radius 3 is 1.26 bits per heavy atom. The molecule has 2 aromatic heterocycles. The number of hydrogen-bond donors (Lipinski definition) is 4. The van der Waals surface area contributed by atoms with Gasteiger partial charge in [-0.2, -0.15) is 0 Å². The molecule has 0 fully saturated rings. The molecule has 0 bridgehead atoms. The molecule has 23 heavy (non-hydrogen) atoms. The van der Waals surface area contributed by atoms with Crippen LogP contribution in [0.5, 0.6) is 0 Å². The van der Waals surface area contributed by atoms with Crippen LogP contribution < -0.4 is 0 Å². The Balaban J connectivity index is 0.00000242. The van der Waals surface area contributed by atoms with Crippen LogP contribution in [0, 0.1) is 27.7 Å². The second-order valence-electron chi connectivity index (χ2n) is 5.24. The first kappa shape index (κ1) is 22.5. The molecule has 0 aromatic carbocycles. The van der Waals surface area contributed by atoms with Crippen molar-refractivity contribution in [3.63, 3.8) is 0 Å². The van der Waals surface area contributed by atoms with Crippen LogP contribution in [0.25, 0.3) is 0 Å². The van der Waals surface area contributed by atoms with Crippen molar-refractivity contribution in [2.75, 3.05) is 0 Å². The van der Waals surface area contributed by atoms with E-state index in [0.717, 1.165) is 22.5 Å². The van der Waals surface area contributed by atoms with Crippen LogP contribution in [0.3, 0.4) is 0 Å². The smallest absolute Gasteiger partial charge is 0.352 e. The number of carboxylic acids is 2. The van der Waals surface area contributed by atoms with E-state index in [9.17, 15) is 9.59 Å². The van der Waals surface area contributed by atoms with Crippen molar-refractivity contribution in [3.8, 4) is 0 Å². The van der Waals surface area contributed by atoms with Gasteiger partial charge in [0.2, 0.25) is 0 Å². The van der Waals surface area contributed by atoms with Crippen molar-refractivity contribution in [2.24, 2.45) is 0 Å². The number of aromatic carboxylic acids is 2. The van der Waals surface area contributed by atoms with E-state index < -0.39 is 11.9 Å². The van der Waals surface area contributed by atoms with Crippen molar-refractivity contribution in [2.45, 2.75) is 34.1 Å². The van der Waals surface area contributed by atoms with E-state index in [-0.39, 0.29) is 70.5 Å². The Kier molecular flexibility index (Phi) is 8.37. The first-order chi connectivity index (χ1) is 9.73. The van der Waals surface area contributed by atoms with Crippen molar-refractivity contribution in [1.82, 2.24) is 9.97 Å². The molecule has 0 spiro atoms. The summed E-state index contributed by atoms with van der Waals surface area (Å²) in [4.78, 5) is 28.1. The minimum Gasteiger partial charge on any atom is -0.477 e. The van der Waals surface area contributed by atoms with E-state index in [1.165, 1.54) is 0 Å². The summed E-state index contributed by atoms with van der Waals surface area (Å²) in [5.41, 5.74) is 5.11. The summed E-state index contributed by atoms with van der Waals surface area (Å²) in [6.07, 6.45) is 0.444. The Morgan fingerprint density at radius 2 is 1.04 bits per heavy atom. The van der Waals surface area contributed by atoms with Crippen molar-refractivity contribution in [3.05, 3.63) is 45.0 Å². The molecular formula is C15H18N2Na2O4. The molecule has 0 aliphatic carbocycles. The first-order valence-electron chi connectivity index (χ1n) is 6.56. The fourth-order valence-electron chi connectivity index (χ4n) is 2.46. The van der Waals surface area contributed by atoms with Gasteiger partial charge in [-0.05, 0) is 49.9 Å². The molecule has 2 aromatic rings. The quantitative estimate of drug-likeness (QED) is 0.639. The van der Waals surface area contributed by atoms with Crippen molar-refractivity contribution in [1.29, 1.82) is 0 Å². The van der Waals surface area contributed by atoms with Gasteiger partial charge in [0, 0.05) is 76.9 Å². The third kappa shape index (κ3) is 4.32.